The molecule has 1 N–H and O–H groups in total. The van der Waals surface area contributed by atoms with Crippen molar-refractivity contribution in [1.29, 1.82) is 0 Å². The normalized spacial score (nSPS) is 11.0. The average Bonchev–Trinajstić information content (AvgIpc) is 2.64. The molecule has 3 aromatic rings. The number of benzene rings is 2. The van der Waals surface area contributed by atoms with Crippen LogP contribution in [0.1, 0.15) is 5.56 Å². The van der Waals surface area contributed by atoms with E-state index in [1.165, 1.54) is 12.1 Å². The van der Waals surface area contributed by atoms with Crippen LogP contribution < -0.4 is 14.8 Å². The molecule has 11 heteroatoms. The predicted molar refractivity (Wildman–Crippen MR) is 96.3 cm³/mol. The highest BCUT2D eigenvalue weighted by Gasteiger charge is 2.31. The second-order valence-corrected chi connectivity index (χ2v) is 5.75. The molecule has 0 aliphatic heterocycles. The summed E-state index contributed by atoms with van der Waals surface area (Å²) in [7, 11) is 0. The molecule has 0 fully saturated rings. The number of ether oxygens (including phenoxy) is 2. The van der Waals surface area contributed by atoms with E-state index in [2.05, 4.69) is 20.0 Å². The van der Waals surface area contributed by atoms with E-state index < -0.39 is 22.7 Å². The highest BCUT2D eigenvalue weighted by Crippen LogP contribution is 2.35. The Hall–Kier alpha value is -3.89. The SMILES string of the molecule is Cc1ccc(Oc2ncnc(Nc3ccc(OC(F)(F)F)cc3)c2[N+](=O)[O-])cc1. The molecule has 2 aromatic carbocycles. The Kier molecular flexibility index (Phi) is 5.48. The van der Waals surface area contributed by atoms with E-state index in [9.17, 15) is 23.3 Å². The van der Waals surface area contributed by atoms with Crippen LogP contribution in [0.2, 0.25) is 0 Å². The van der Waals surface area contributed by atoms with E-state index in [0.717, 1.165) is 24.0 Å². The molecule has 0 amide bonds. The summed E-state index contributed by atoms with van der Waals surface area (Å²) in [6, 6.07) is 11.4. The van der Waals surface area contributed by atoms with Gasteiger partial charge in [-0.15, -0.1) is 13.2 Å². The molecule has 0 unspecified atom stereocenters. The number of alkyl halides is 3. The first kappa shape index (κ1) is 19.9. The number of aromatic nitrogens is 2. The molecule has 29 heavy (non-hydrogen) atoms. The van der Waals surface area contributed by atoms with Crippen molar-refractivity contribution in [2.24, 2.45) is 0 Å². The topological polar surface area (TPSA) is 99.4 Å². The zero-order chi connectivity index (χ0) is 21.0. The molecule has 0 atom stereocenters. The van der Waals surface area contributed by atoms with Crippen LogP contribution in [0, 0.1) is 17.0 Å². The number of nitro groups is 1. The van der Waals surface area contributed by atoms with Gasteiger partial charge >= 0.3 is 17.9 Å². The fourth-order valence-corrected chi connectivity index (χ4v) is 2.29. The summed E-state index contributed by atoms with van der Waals surface area (Å²) >= 11 is 0. The molecule has 0 spiro atoms. The lowest BCUT2D eigenvalue weighted by Crippen LogP contribution is -2.17. The average molecular weight is 406 g/mol. The summed E-state index contributed by atoms with van der Waals surface area (Å²) in [4.78, 5) is 18.5. The van der Waals surface area contributed by atoms with Gasteiger partial charge in [0.25, 0.3) is 0 Å². The monoisotopic (exact) mass is 406 g/mol. The molecule has 1 heterocycles. The second-order valence-electron chi connectivity index (χ2n) is 5.75. The Morgan fingerprint density at radius 2 is 1.62 bits per heavy atom. The Morgan fingerprint density at radius 1 is 1.00 bits per heavy atom. The lowest BCUT2D eigenvalue weighted by atomic mass is 10.2. The minimum Gasteiger partial charge on any atom is -0.434 e. The van der Waals surface area contributed by atoms with Crippen molar-refractivity contribution in [3.05, 3.63) is 70.5 Å². The van der Waals surface area contributed by atoms with Crippen molar-refractivity contribution in [2.45, 2.75) is 13.3 Å². The third-order valence-corrected chi connectivity index (χ3v) is 3.56. The fourth-order valence-electron chi connectivity index (χ4n) is 2.29. The molecule has 0 saturated carbocycles. The fraction of sp³-hybridized carbons (Fsp3) is 0.111. The maximum absolute atomic E-state index is 12.2. The van der Waals surface area contributed by atoms with Crippen LogP contribution in [-0.4, -0.2) is 21.3 Å². The van der Waals surface area contributed by atoms with Crippen LogP contribution in [0.15, 0.2) is 54.9 Å². The number of nitrogens with zero attached hydrogens (tertiary/aromatic N) is 3. The van der Waals surface area contributed by atoms with Crippen molar-refractivity contribution in [1.82, 2.24) is 9.97 Å². The number of aryl methyl sites for hydroxylation is 1. The van der Waals surface area contributed by atoms with Crippen LogP contribution in [0.4, 0.5) is 30.4 Å². The van der Waals surface area contributed by atoms with Gasteiger partial charge in [-0.3, -0.25) is 10.1 Å². The van der Waals surface area contributed by atoms with Crippen LogP contribution in [0.5, 0.6) is 17.4 Å². The summed E-state index contributed by atoms with van der Waals surface area (Å²) < 4.78 is 46.0. The first-order valence-corrected chi connectivity index (χ1v) is 8.08. The molecule has 0 saturated heterocycles. The molecule has 3 rings (SSSR count). The van der Waals surface area contributed by atoms with Crippen LogP contribution in [0.3, 0.4) is 0 Å². The summed E-state index contributed by atoms with van der Waals surface area (Å²) in [5.41, 5.74) is 0.709. The van der Waals surface area contributed by atoms with Crippen molar-refractivity contribution in [2.75, 3.05) is 5.32 Å². The highest BCUT2D eigenvalue weighted by molar-refractivity contribution is 5.69. The van der Waals surface area contributed by atoms with Crippen LogP contribution in [-0.2, 0) is 0 Å². The van der Waals surface area contributed by atoms with Crippen molar-refractivity contribution in [3.8, 4) is 17.4 Å². The van der Waals surface area contributed by atoms with Gasteiger partial charge in [-0.05, 0) is 43.3 Å². The Morgan fingerprint density at radius 3 is 2.21 bits per heavy atom. The molecular formula is C18H13F3N4O4. The molecule has 1 aromatic heterocycles. The van der Waals surface area contributed by atoms with Gasteiger partial charge in [0, 0.05) is 5.69 Å². The minimum atomic E-state index is -4.82. The minimum absolute atomic E-state index is 0.184. The zero-order valence-electron chi connectivity index (χ0n) is 14.8. The van der Waals surface area contributed by atoms with E-state index in [1.807, 2.05) is 6.92 Å². The first-order valence-electron chi connectivity index (χ1n) is 8.08. The molecule has 8 nitrogen and oxygen atoms in total. The Bertz CT molecular complexity index is 1010. The maximum atomic E-state index is 12.2. The lowest BCUT2D eigenvalue weighted by Gasteiger charge is -2.11. The summed E-state index contributed by atoms with van der Waals surface area (Å²) in [6.45, 7) is 1.88. The third kappa shape index (κ3) is 5.31. The van der Waals surface area contributed by atoms with Gasteiger partial charge in [0.2, 0.25) is 5.82 Å². The Balaban J connectivity index is 1.85. The van der Waals surface area contributed by atoms with E-state index in [4.69, 9.17) is 4.74 Å². The van der Waals surface area contributed by atoms with Crippen LogP contribution >= 0.6 is 0 Å². The van der Waals surface area contributed by atoms with Gasteiger partial charge in [-0.1, -0.05) is 17.7 Å². The highest BCUT2D eigenvalue weighted by atomic mass is 19.4. The number of halogens is 3. The number of anilines is 2. The van der Waals surface area contributed by atoms with Gasteiger partial charge < -0.3 is 14.8 Å². The first-order chi connectivity index (χ1) is 13.7. The molecule has 0 radical (unpaired) electrons. The van der Waals surface area contributed by atoms with Gasteiger partial charge in [0.05, 0.1) is 4.92 Å². The largest absolute Gasteiger partial charge is 0.573 e. The van der Waals surface area contributed by atoms with Crippen molar-refractivity contribution < 1.29 is 27.6 Å². The van der Waals surface area contributed by atoms with E-state index >= 15 is 0 Å². The number of hydrogen-bond donors (Lipinski definition) is 1. The summed E-state index contributed by atoms with van der Waals surface area (Å²) in [5, 5.41) is 14.2. The maximum Gasteiger partial charge on any atom is 0.573 e. The smallest absolute Gasteiger partial charge is 0.434 e. The number of nitrogens with one attached hydrogen (secondary N) is 1. The predicted octanol–water partition coefficient (Wildman–Crippen LogP) is 5.13. The lowest BCUT2D eigenvalue weighted by molar-refractivity contribution is -0.385. The van der Waals surface area contributed by atoms with E-state index in [1.54, 1.807) is 24.3 Å². The molecule has 0 aliphatic carbocycles. The summed E-state index contributed by atoms with van der Waals surface area (Å²) in [6.07, 6.45) is -3.75. The van der Waals surface area contributed by atoms with Crippen LogP contribution in [0.25, 0.3) is 0 Å². The quantitative estimate of drug-likeness (QED) is 0.448. The Labute approximate surface area is 162 Å². The van der Waals surface area contributed by atoms with Gasteiger partial charge in [-0.2, -0.15) is 4.98 Å². The molecule has 0 bridgehead atoms. The third-order valence-electron chi connectivity index (χ3n) is 3.56. The second kappa shape index (κ2) is 8.00. The molecule has 0 aliphatic rings. The standard InChI is InChI=1S/C18H13F3N4O4/c1-11-2-6-13(7-3-11)28-17-15(25(26)27)16(22-10-23-17)24-12-4-8-14(9-5-12)29-18(19,20)21/h2-10H,1H3,(H,22,23,24). The molecule has 150 valence electrons. The number of hydrogen-bond acceptors (Lipinski definition) is 7. The summed E-state index contributed by atoms with van der Waals surface area (Å²) in [5.74, 6) is -0.550. The van der Waals surface area contributed by atoms with Crippen molar-refractivity contribution >= 4 is 17.2 Å². The zero-order valence-corrected chi connectivity index (χ0v) is 14.8. The van der Waals surface area contributed by atoms with Gasteiger partial charge in [0.15, 0.2) is 0 Å². The van der Waals surface area contributed by atoms with Gasteiger partial charge in [0.1, 0.15) is 17.8 Å². The molecular weight excluding hydrogens is 393 g/mol. The van der Waals surface area contributed by atoms with E-state index in [-0.39, 0.29) is 17.4 Å². The van der Waals surface area contributed by atoms with Crippen molar-refractivity contribution in [3.63, 3.8) is 0 Å². The van der Waals surface area contributed by atoms with Gasteiger partial charge in [-0.25, -0.2) is 4.98 Å². The number of rotatable bonds is 6. The van der Waals surface area contributed by atoms with E-state index in [0.29, 0.717) is 5.75 Å².